The minimum absolute atomic E-state index is 0.0712. The normalized spacial score (nSPS) is 17.5. The van der Waals surface area contributed by atoms with E-state index in [1.807, 2.05) is 12.4 Å². The Morgan fingerprint density at radius 1 is 1.41 bits per heavy atom. The van der Waals surface area contributed by atoms with Gasteiger partial charge in [0.25, 0.3) is 0 Å². The van der Waals surface area contributed by atoms with E-state index >= 15 is 0 Å². The number of aliphatic imine (C=N–C) groups is 1. The van der Waals surface area contributed by atoms with Crippen molar-refractivity contribution in [3.63, 3.8) is 0 Å². The van der Waals surface area contributed by atoms with E-state index in [1.54, 1.807) is 18.4 Å². The summed E-state index contributed by atoms with van der Waals surface area (Å²) in [6, 6.07) is 0. The second-order valence-electron chi connectivity index (χ2n) is 6.05. The number of morpholine rings is 1. The van der Waals surface area contributed by atoms with Crippen molar-refractivity contribution in [1.29, 1.82) is 0 Å². The highest BCUT2D eigenvalue weighted by Crippen LogP contribution is 2.15. The van der Waals surface area contributed by atoms with E-state index in [4.69, 9.17) is 4.74 Å². The summed E-state index contributed by atoms with van der Waals surface area (Å²) >= 11 is 1.67. The average Bonchev–Trinajstić information content (AvgIpc) is 2.93. The molecular formula is C15H27N5OS. The van der Waals surface area contributed by atoms with Crippen LogP contribution < -0.4 is 10.6 Å². The van der Waals surface area contributed by atoms with Crippen molar-refractivity contribution in [3.05, 3.63) is 16.1 Å². The molecule has 0 aromatic carbocycles. The fourth-order valence-corrected chi connectivity index (χ4v) is 3.18. The number of rotatable bonds is 5. The second kappa shape index (κ2) is 7.89. The van der Waals surface area contributed by atoms with Crippen LogP contribution in [-0.4, -0.2) is 61.3 Å². The van der Waals surface area contributed by atoms with Crippen LogP contribution in [0.3, 0.4) is 0 Å². The topological polar surface area (TPSA) is 61.8 Å². The number of aryl methyl sites for hydroxylation is 1. The molecule has 0 bridgehead atoms. The van der Waals surface area contributed by atoms with Crippen molar-refractivity contribution in [2.45, 2.75) is 32.9 Å². The van der Waals surface area contributed by atoms with Gasteiger partial charge in [-0.25, -0.2) is 4.98 Å². The molecule has 2 rings (SSSR count). The Balaban J connectivity index is 1.81. The summed E-state index contributed by atoms with van der Waals surface area (Å²) in [5.74, 6) is 0.828. The van der Waals surface area contributed by atoms with E-state index in [1.165, 1.54) is 4.88 Å². The van der Waals surface area contributed by atoms with Gasteiger partial charge in [-0.1, -0.05) is 0 Å². The van der Waals surface area contributed by atoms with Crippen molar-refractivity contribution in [2.24, 2.45) is 4.99 Å². The molecule has 22 heavy (non-hydrogen) atoms. The van der Waals surface area contributed by atoms with Gasteiger partial charge in [0.1, 0.15) is 0 Å². The van der Waals surface area contributed by atoms with Crippen LogP contribution in [0.4, 0.5) is 0 Å². The number of nitrogens with zero attached hydrogens (tertiary/aromatic N) is 3. The van der Waals surface area contributed by atoms with Gasteiger partial charge in [-0.15, -0.1) is 11.3 Å². The summed E-state index contributed by atoms with van der Waals surface area (Å²) in [6.07, 6.45) is 0. The molecule has 1 aliphatic heterocycles. The first-order valence-corrected chi connectivity index (χ1v) is 8.57. The number of hydrogen-bond donors (Lipinski definition) is 2. The van der Waals surface area contributed by atoms with E-state index in [-0.39, 0.29) is 5.54 Å². The molecule has 0 spiro atoms. The third-order valence-electron chi connectivity index (χ3n) is 4.04. The van der Waals surface area contributed by atoms with Crippen LogP contribution in [-0.2, 0) is 11.3 Å². The Labute approximate surface area is 137 Å². The van der Waals surface area contributed by atoms with Gasteiger partial charge >= 0.3 is 0 Å². The molecule has 2 heterocycles. The van der Waals surface area contributed by atoms with E-state index in [0.29, 0.717) is 0 Å². The van der Waals surface area contributed by atoms with Crippen molar-refractivity contribution >= 4 is 17.3 Å². The highest BCUT2D eigenvalue weighted by molar-refractivity contribution is 7.09. The van der Waals surface area contributed by atoms with E-state index in [9.17, 15) is 0 Å². The summed E-state index contributed by atoms with van der Waals surface area (Å²) in [5, 5.41) is 6.78. The van der Waals surface area contributed by atoms with Crippen LogP contribution in [0.25, 0.3) is 0 Å². The minimum atomic E-state index is 0.0712. The molecule has 6 nitrogen and oxygen atoms in total. The van der Waals surface area contributed by atoms with Gasteiger partial charge in [0.15, 0.2) is 5.96 Å². The molecule has 124 valence electrons. The Morgan fingerprint density at radius 3 is 2.73 bits per heavy atom. The van der Waals surface area contributed by atoms with Gasteiger partial charge in [0.05, 0.1) is 31.0 Å². The average molecular weight is 325 g/mol. The Morgan fingerprint density at radius 2 is 2.14 bits per heavy atom. The molecular weight excluding hydrogens is 298 g/mol. The first kappa shape index (κ1) is 17.2. The van der Waals surface area contributed by atoms with Crippen molar-refractivity contribution in [1.82, 2.24) is 20.5 Å². The number of hydrogen-bond acceptors (Lipinski definition) is 5. The molecule has 1 fully saturated rings. The third-order valence-corrected chi connectivity index (χ3v) is 4.98. The molecule has 0 saturated carbocycles. The van der Waals surface area contributed by atoms with Crippen LogP contribution in [0, 0.1) is 6.92 Å². The summed E-state index contributed by atoms with van der Waals surface area (Å²) in [7, 11) is 1.80. The summed E-state index contributed by atoms with van der Waals surface area (Å²) in [6.45, 7) is 11.8. The molecule has 0 atom stereocenters. The highest BCUT2D eigenvalue weighted by Gasteiger charge is 2.28. The van der Waals surface area contributed by atoms with Crippen LogP contribution >= 0.6 is 11.3 Å². The maximum Gasteiger partial charge on any atom is 0.191 e. The van der Waals surface area contributed by atoms with Crippen molar-refractivity contribution < 1.29 is 4.74 Å². The number of thiazole rings is 1. The van der Waals surface area contributed by atoms with Crippen LogP contribution in [0.2, 0.25) is 0 Å². The van der Waals surface area contributed by atoms with Gasteiger partial charge in [-0.2, -0.15) is 0 Å². The maximum absolute atomic E-state index is 5.43. The largest absolute Gasteiger partial charge is 0.379 e. The summed E-state index contributed by atoms with van der Waals surface area (Å²) in [5.41, 5.74) is 3.04. The summed E-state index contributed by atoms with van der Waals surface area (Å²) < 4.78 is 5.43. The Bertz CT molecular complexity index is 494. The lowest BCUT2D eigenvalue weighted by molar-refractivity contribution is -0.00834. The smallest absolute Gasteiger partial charge is 0.191 e. The quantitative estimate of drug-likeness (QED) is 0.630. The van der Waals surface area contributed by atoms with Crippen LogP contribution in [0.1, 0.15) is 24.4 Å². The van der Waals surface area contributed by atoms with Crippen molar-refractivity contribution in [2.75, 3.05) is 39.9 Å². The van der Waals surface area contributed by atoms with E-state index < -0.39 is 0 Å². The molecule has 2 N–H and O–H groups in total. The Kier molecular flexibility index (Phi) is 6.16. The van der Waals surface area contributed by atoms with E-state index in [0.717, 1.165) is 51.0 Å². The number of guanidine groups is 1. The highest BCUT2D eigenvalue weighted by atomic mass is 32.1. The predicted molar refractivity (Wildman–Crippen MR) is 91.5 cm³/mol. The van der Waals surface area contributed by atoms with Gasteiger partial charge in [0, 0.05) is 37.1 Å². The Hall–Kier alpha value is -1.18. The number of aromatic nitrogens is 1. The molecule has 7 heteroatoms. The fourth-order valence-electron chi connectivity index (χ4n) is 2.46. The van der Waals surface area contributed by atoms with Crippen LogP contribution in [0.5, 0.6) is 0 Å². The first-order valence-electron chi connectivity index (χ1n) is 7.69. The molecule has 1 saturated heterocycles. The lowest BCUT2D eigenvalue weighted by Crippen LogP contribution is -2.56. The number of ether oxygens (including phenoxy) is 1. The minimum Gasteiger partial charge on any atom is -0.379 e. The summed E-state index contributed by atoms with van der Waals surface area (Å²) in [4.78, 5) is 12.3. The predicted octanol–water partition coefficient (Wildman–Crippen LogP) is 1.23. The van der Waals surface area contributed by atoms with Crippen molar-refractivity contribution in [3.8, 4) is 0 Å². The molecule has 1 aliphatic rings. The zero-order valence-corrected chi connectivity index (χ0v) is 14.8. The zero-order chi connectivity index (χ0) is 16.0. The lowest BCUT2D eigenvalue weighted by atomic mass is 10.0. The molecule has 0 aliphatic carbocycles. The van der Waals surface area contributed by atoms with Gasteiger partial charge < -0.3 is 15.4 Å². The molecule has 1 aromatic heterocycles. The SMILES string of the molecule is CN=C(NCc1scnc1C)NCC(C)(C)N1CCOCC1. The van der Waals surface area contributed by atoms with Gasteiger partial charge in [-0.05, 0) is 20.8 Å². The fraction of sp³-hybridized carbons (Fsp3) is 0.733. The molecule has 0 unspecified atom stereocenters. The van der Waals surface area contributed by atoms with Gasteiger partial charge in [0.2, 0.25) is 0 Å². The standard InChI is InChI=1S/C15H27N5OS/c1-12-13(22-11-19-12)9-17-14(16-4)18-10-15(2,3)20-5-7-21-8-6-20/h11H,5-10H2,1-4H3,(H2,16,17,18). The van der Waals surface area contributed by atoms with Gasteiger partial charge in [-0.3, -0.25) is 9.89 Å². The lowest BCUT2D eigenvalue weighted by Gasteiger charge is -2.41. The number of nitrogens with one attached hydrogen (secondary N) is 2. The maximum atomic E-state index is 5.43. The molecule has 0 amide bonds. The first-order chi connectivity index (χ1) is 10.5. The van der Waals surface area contributed by atoms with E-state index in [2.05, 4.69) is 39.4 Å². The monoisotopic (exact) mass is 325 g/mol. The molecule has 1 aromatic rings. The van der Waals surface area contributed by atoms with Crippen LogP contribution in [0.15, 0.2) is 10.5 Å². The zero-order valence-electron chi connectivity index (χ0n) is 14.0. The molecule has 0 radical (unpaired) electrons. The second-order valence-corrected chi connectivity index (χ2v) is 6.99. The third kappa shape index (κ3) is 4.66.